The van der Waals surface area contributed by atoms with Gasteiger partial charge in [-0.15, -0.1) is 0 Å². The molecule has 1 heterocycles. The maximum absolute atomic E-state index is 11.7. The van der Waals surface area contributed by atoms with Crippen molar-refractivity contribution in [3.05, 3.63) is 63.7 Å². The Bertz CT molecular complexity index is 855. The van der Waals surface area contributed by atoms with E-state index in [1.807, 2.05) is 30.3 Å². The molecule has 0 bridgehead atoms. The van der Waals surface area contributed by atoms with Crippen molar-refractivity contribution in [2.75, 3.05) is 13.2 Å². The van der Waals surface area contributed by atoms with Gasteiger partial charge in [-0.25, -0.2) is 0 Å². The molecule has 0 fully saturated rings. The van der Waals surface area contributed by atoms with Crippen LogP contribution in [0.5, 0.6) is 11.5 Å². The highest BCUT2D eigenvalue weighted by Gasteiger charge is 2.35. The number of hydrogen-bond acceptors (Lipinski definition) is 6. The Morgan fingerprint density at radius 2 is 2.07 bits per heavy atom. The van der Waals surface area contributed by atoms with Crippen LogP contribution in [-0.4, -0.2) is 35.3 Å². The van der Waals surface area contributed by atoms with E-state index >= 15 is 0 Å². The highest BCUT2D eigenvalue weighted by molar-refractivity contribution is 5.80. The quantitative estimate of drug-likeness (QED) is 0.530. The highest BCUT2D eigenvalue weighted by Crippen LogP contribution is 2.45. The van der Waals surface area contributed by atoms with Gasteiger partial charge in [0.15, 0.2) is 11.5 Å². The minimum Gasteiger partial charge on any atom is -0.486 e. The molecule has 0 saturated carbocycles. The molecule has 2 atom stereocenters. The Kier molecular flexibility index (Phi) is 6.10. The first-order chi connectivity index (χ1) is 13.5. The fourth-order valence-electron chi connectivity index (χ4n) is 3.26. The van der Waals surface area contributed by atoms with Gasteiger partial charge in [-0.05, 0) is 18.1 Å². The zero-order valence-electron chi connectivity index (χ0n) is 15.5. The lowest BCUT2D eigenvalue weighted by molar-refractivity contribution is -0.385. The maximum Gasteiger partial charge on any atom is 0.311 e. The molecule has 0 spiro atoms. The monoisotopic (exact) mass is 386 g/mol. The smallest absolute Gasteiger partial charge is 0.311 e. The Labute approximate surface area is 162 Å². The number of carboxylic acids is 1. The van der Waals surface area contributed by atoms with Crippen LogP contribution in [0.25, 0.3) is 0 Å². The minimum absolute atomic E-state index is 0.0604. The summed E-state index contributed by atoms with van der Waals surface area (Å²) in [5.74, 6) is -1.69. The molecule has 2 N–H and O–H groups in total. The van der Waals surface area contributed by atoms with E-state index in [4.69, 9.17) is 9.47 Å². The summed E-state index contributed by atoms with van der Waals surface area (Å²) in [4.78, 5) is 22.6. The van der Waals surface area contributed by atoms with Crippen LogP contribution in [-0.2, 0) is 11.3 Å². The number of hydrogen-bond donors (Lipinski definition) is 2. The molecule has 148 valence electrons. The zero-order chi connectivity index (χ0) is 20.1. The number of nitrogens with zero attached hydrogens (tertiary/aromatic N) is 1. The first-order valence-corrected chi connectivity index (χ1v) is 9.09. The van der Waals surface area contributed by atoms with Crippen LogP contribution in [0.2, 0.25) is 0 Å². The molecular weight excluding hydrogens is 364 g/mol. The summed E-state index contributed by atoms with van der Waals surface area (Å²) in [5, 5.41) is 24.3. The molecule has 8 heteroatoms. The van der Waals surface area contributed by atoms with Crippen molar-refractivity contribution in [2.45, 2.75) is 31.9 Å². The Morgan fingerprint density at radius 1 is 1.32 bits per heavy atom. The number of nitrogens with one attached hydrogen (secondary N) is 1. The molecule has 0 radical (unpaired) electrons. The summed E-state index contributed by atoms with van der Waals surface area (Å²) in [5.41, 5.74) is 0.910. The molecule has 8 nitrogen and oxygen atoms in total. The van der Waals surface area contributed by atoms with Crippen molar-refractivity contribution < 1.29 is 24.3 Å². The van der Waals surface area contributed by atoms with Crippen molar-refractivity contribution >= 4 is 11.7 Å². The van der Waals surface area contributed by atoms with E-state index in [1.54, 1.807) is 6.92 Å². The molecule has 1 aliphatic rings. The van der Waals surface area contributed by atoms with Gasteiger partial charge in [0.25, 0.3) is 5.69 Å². The van der Waals surface area contributed by atoms with Crippen LogP contribution in [0, 0.1) is 10.1 Å². The average molecular weight is 386 g/mol. The van der Waals surface area contributed by atoms with Crippen LogP contribution in [0.1, 0.15) is 30.4 Å². The fourth-order valence-corrected chi connectivity index (χ4v) is 3.26. The van der Waals surface area contributed by atoms with E-state index in [0.717, 1.165) is 5.56 Å². The minimum atomic E-state index is -1.13. The molecule has 1 aliphatic heterocycles. The SMILES string of the molecule is CCC(C(=O)O)c1c([N+](=O)[O-])ccc2c1O[C@@H](CNCc1ccccc1)CO2. The number of aliphatic carboxylic acids is 1. The summed E-state index contributed by atoms with van der Waals surface area (Å²) in [6.07, 6.45) is -0.185. The second-order valence-corrected chi connectivity index (χ2v) is 6.55. The predicted octanol–water partition coefficient (Wildman–Crippen LogP) is 3.10. The molecule has 0 saturated heterocycles. The molecule has 0 amide bonds. The Morgan fingerprint density at radius 3 is 2.71 bits per heavy atom. The molecular formula is C20H22N2O6. The van der Waals surface area contributed by atoms with E-state index in [-0.39, 0.29) is 36.1 Å². The summed E-state index contributed by atoms with van der Waals surface area (Å²) < 4.78 is 11.7. The van der Waals surface area contributed by atoms with E-state index in [0.29, 0.717) is 18.8 Å². The highest BCUT2D eigenvalue weighted by atomic mass is 16.6. The lowest BCUT2D eigenvalue weighted by Crippen LogP contribution is -2.39. The molecule has 3 rings (SSSR count). The van der Waals surface area contributed by atoms with Crippen LogP contribution in [0.15, 0.2) is 42.5 Å². The standard InChI is InChI=1S/C20H22N2O6/c1-2-15(20(23)24)18-16(22(25)26)8-9-17-19(18)28-14(12-27-17)11-21-10-13-6-4-3-5-7-13/h3-9,14-15,21H,2,10-12H2,1H3,(H,23,24)/t14-,15?/m0/s1. The first kappa shape index (κ1) is 19.6. The summed E-state index contributed by atoms with van der Waals surface area (Å²) in [6.45, 7) is 3.04. The third-order valence-corrected chi connectivity index (χ3v) is 4.64. The van der Waals surface area contributed by atoms with Crippen LogP contribution >= 0.6 is 0 Å². The lowest BCUT2D eigenvalue weighted by atomic mass is 9.93. The third kappa shape index (κ3) is 4.23. The lowest BCUT2D eigenvalue weighted by Gasteiger charge is -2.29. The third-order valence-electron chi connectivity index (χ3n) is 4.64. The number of carbonyl (C=O) groups is 1. The van der Waals surface area contributed by atoms with Gasteiger partial charge in [0.2, 0.25) is 0 Å². The van der Waals surface area contributed by atoms with Crippen molar-refractivity contribution in [2.24, 2.45) is 0 Å². The normalized spacial score (nSPS) is 16.4. The number of benzene rings is 2. The maximum atomic E-state index is 11.7. The molecule has 28 heavy (non-hydrogen) atoms. The molecule has 0 aromatic heterocycles. The summed E-state index contributed by atoms with van der Waals surface area (Å²) in [6, 6.07) is 12.6. The Hall–Kier alpha value is -3.13. The van der Waals surface area contributed by atoms with Gasteiger partial charge in [0.1, 0.15) is 12.7 Å². The van der Waals surface area contributed by atoms with Gasteiger partial charge in [-0.2, -0.15) is 0 Å². The summed E-state index contributed by atoms with van der Waals surface area (Å²) in [7, 11) is 0. The summed E-state index contributed by atoms with van der Waals surface area (Å²) >= 11 is 0. The van der Waals surface area contributed by atoms with E-state index in [1.165, 1.54) is 12.1 Å². The van der Waals surface area contributed by atoms with Gasteiger partial charge in [0.05, 0.1) is 16.4 Å². The molecule has 2 aromatic rings. The van der Waals surface area contributed by atoms with Crippen molar-refractivity contribution in [3.63, 3.8) is 0 Å². The van der Waals surface area contributed by atoms with E-state index in [2.05, 4.69) is 5.32 Å². The number of carboxylic acid groups (broad SMARTS) is 1. The average Bonchev–Trinajstić information content (AvgIpc) is 2.69. The number of rotatable bonds is 8. The first-order valence-electron chi connectivity index (χ1n) is 9.09. The van der Waals surface area contributed by atoms with Gasteiger partial charge < -0.3 is 19.9 Å². The van der Waals surface area contributed by atoms with E-state index < -0.39 is 16.8 Å². The van der Waals surface area contributed by atoms with Gasteiger partial charge in [-0.3, -0.25) is 14.9 Å². The predicted molar refractivity (Wildman–Crippen MR) is 102 cm³/mol. The van der Waals surface area contributed by atoms with Crippen molar-refractivity contribution in [3.8, 4) is 11.5 Å². The number of fused-ring (bicyclic) bond motifs is 1. The van der Waals surface area contributed by atoms with Gasteiger partial charge >= 0.3 is 5.97 Å². The molecule has 1 unspecified atom stereocenters. The van der Waals surface area contributed by atoms with Crippen molar-refractivity contribution in [1.82, 2.24) is 5.32 Å². The fraction of sp³-hybridized carbons (Fsp3) is 0.350. The number of ether oxygens (including phenoxy) is 2. The van der Waals surface area contributed by atoms with Crippen LogP contribution in [0.4, 0.5) is 5.69 Å². The van der Waals surface area contributed by atoms with Gasteiger partial charge in [-0.1, -0.05) is 37.3 Å². The Balaban J connectivity index is 1.81. The van der Waals surface area contributed by atoms with Gasteiger partial charge in [0, 0.05) is 19.2 Å². The van der Waals surface area contributed by atoms with Crippen LogP contribution < -0.4 is 14.8 Å². The van der Waals surface area contributed by atoms with Crippen LogP contribution in [0.3, 0.4) is 0 Å². The largest absolute Gasteiger partial charge is 0.486 e. The topological polar surface area (TPSA) is 111 Å². The molecule has 0 aliphatic carbocycles. The van der Waals surface area contributed by atoms with E-state index in [9.17, 15) is 20.0 Å². The zero-order valence-corrected chi connectivity index (χ0v) is 15.5. The van der Waals surface area contributed by atoms with Crippen molar-refractivity contribution in [1.29, 1.82) is 0 Å². The number of nitro groups is 1. The second kappa shape index (κ2) is 8.71. The molecule has 2 aromatic carbocycles. The number of nitro benzene ring substituents is 1. The second-order valence-electron chi connectivity index (χ2n) is 6.55.